The number of carbonyl (C=O) groups excluding carboxylic acids is 1. The van der Waals surface area contributed by atoms with Crippen LogP contribution in [0.1, 0.15) is 42.9 Å². The van der Waals surface area contributed by atoms with E-state index >= 15 is 0 Å². The lowest BCUT2D eigenvalue weighted by Gasteiger charge is -2.32. The third-order valence-corrected chi connectivity index (χ3v) is 5.89. The van der Waals surface area contributed by atoms with Gasteiger partial charge in [-0.1, -0.05) is 6.07 Å². The van der Waals surface area contributed by atoms with E-state index in [4.69, 9.17) is 0 Å². The SMILES string of the molecule is Cc1csc(NC2CCN(C(=O)Nc3ccc(C4CC4)c(F)c3)CC2)n1. The van der Waals surface area contributed by atoms with Gasteiger partial charge in [0, 0.05) is 30.2 Å². The molecule has 2 N–H and O–H groups in total. The van der Waals surface area contributed by atoms with Gasteiger partial charge >= 0.3 is 6.03 Å². The van der Waals surface area contributed by atoms with E-state index < -0.39 is 0 Å². The molecule has 0 unspecified atom stereocenters. The molecule has 1 saturated carbocycles. The van der Waals surface area contributed by atoms with E-state index in [0.29, 0.717) is 30.7 Å². The number of thiazole rings is 1. The van der Waals surface area contributed by atoms with Crippen molar-refractivity contribution in [3.8, 4) is 0 Å². The standard InChI is InChI=1S/C19H23FN4OS/c1-12-11-26-18(21-12)22-14-6-8-24(9-7-14)19(25)23-15-4-5-16(13-2-3-13)17(20)10-15/h4-5,10-11,13-14H,2-3,6-9H2,1H3,(H,21,22)(H,23,25). The van der Waals surface area contributed by atoms with Crippen LogP contribution in [0.2, 0.25) is 0 Å². The number of piperidine rings is 1. The van der Waals surface area contributed by atoms with Gasteiger partial charge in [0.15, 0.2) is 5.13 Å². The molecule has 7 heteroatoms. The fourth-order valence-corrected chi connectivity index (χ4v) is 4.12. The number of rotatable bonds is 4. The number of nitrogens with one attached hydrogen (secondary N) is 2. The van der Waals surface area contributed by atoms with Gasteiger partial charge in [0.2, 0.25) is 0 Å². The predicted molar refractivity (Wildman–Crippen MR) is 102 cm³/mol. The molecular formula is C19H23FN4OS. The zero-order valence-electron chi connectivity index (χ0n) is 14.8. The summed E-state index contributed by atoms with van der Waals surface area (Å²) < 4.78 is 14.1. The highest BCUT2D eigenvalue weighted by Gasteiger charge is 2.27. The Morgan fingerprint density at radius 3 is 2.65 bits per heavy atom. The zero-order chi connectivity index (χ0) is 18.1. The molecule has 0 radical (unpaired) electrons. The predicted octanol–water partition coefficient (Wildman–Crippen LogP) is 4.58. The van der Waals surface area contributed by atoms with Gasteiger partial charge < -0.3 is 15.5 Å². The van der Waals surface area contributed by atoms with Crippen LogP contribution < -0.4 is 10.6 Å². The summed E-state index contributed by atoms with van der Waals surface area (Å²) >= 11 is 1.61. The van der Waals surface area contributed by atoms with E-state index in [0.717, 1.165) is 42.1 Å². The summed E-state index contributed by atoms with van der Waals surface area (Å²) in [6.45, 7) is 3.33. The number of anilines is 2. The maximum atomic E-state index is 14.1. The van der Waals surface area contributed by atoms with E-state index in [1.807, 2.05) is 12.3 Å². The molecule has 2 aliphatic rings. The molecule has 138 valence electrons. The Hall–Kier alpha value is -2.15. The van der Waals surface area contributed by atoms with Gasteiger partial charge in [-0.05, 0) is 56.2 Å². The molecular weight excluding hydrogens is 351 g/mol. The molecule has 1 aromatic carbocycles. The van der Waals surface area contributed by atoms with Crippen LogP contribution in [0.25, 0.3) is 0 Å². The minimum atomic E-state index is -0.216. The molecule has 0 bridgehead atoms. The molecule has 1 aliphatic heterocycles. The summed E-state index contributed by atoms with van der Waals surface area (Å²) in [7, 11) is 0. The number of urea groups is 1. The lowest BCUT2D eigenvalue weighted by molar-refractivity contribution is 0.197. The third kappa shape index (κ3) is 3.98. The van der Waals surface area contributed by atoms with Crippen LogP contribution in [0.15, 0.2) is 23.6 Å². The Kier molecular flexibility index (Phi) is 4.80. The van der Waals surface area contributed by atoms with Crippen LogP contribution in [0.4, 0.5) is 20.0 Å². The number of amides is 2. The fraction of sp³-hybridized carbons (Fsp3) is 0.474. The molecule has 4 rings (SSSR count). The van der Waals surface area contributed by atoms with Crippen molar-refractivity contribution in [2.75, 3.05) is 23.7 Å². The van der Waals surface area contributed by atoms with Crippen LogP contribution >= 0.6 is 11.3 Å². The number of carbonyl (C=O) groups is 1. The van der Waals surface area contributed by atoms with Crippen molar-refractivity contribution < 1.29 is 9.18 Å². The zero-order valence-corrected chi connectivity index (χ0v) is 15.6. The van der Waals surface area contributed by atoms with Crippen molar-refractivity contribution in [3.63, 3.8) is 0 Å². The first-order valence-corrected chi connectivity index (χ1v) is 10.0. The van der Waals surface area contributed by atoms with E-state index in [1.165, 1.54) is 6.07 Å². The van der Waals surface area contributed by atoms with E-state index in [-0.39, 0.29) is 11.8 Å². The second-order valence-corrected chi connectivity index (χ2v) is 8.00. The van der Waals surface area contributed by atoms with Crippen molar-refractivity contribution in [1.82, 2.24) is 9.88 Å². The number of likely N-dealkylation sites (tertiary alicyclic amines) is 1. The van der Waals surface area contributed by atoms with Gasteiger partial charge in [0.1, 0.15) is 5.82 Å². The summed E-state index contributed by atoms with van der Waals surface area (Å²) in [6.07, 6.45) is 3.88. The van der Waals surface area contributed by atoms with Crippen molar-refractivity contribution in [3.05, 3.63) is 40.7 Å². The lowest BCUT2D eigenvalue weighted by Crippen LogP contribution is -2.44. The number of benzene rings is 1. The monoisotopic (exact) mass is 374 g/mol. The van der Waals surface area contributed by atoms with Crippen LogP contribution in [0.5, 0.6) is 0 Å². The van der Waals surface area contributed by atoms with Gasteiger partial charge in [0.05, 0.1) is 5.69 Å². The maximum Gasteiger partial charge on any atom is 0.321 e. The van der Waals surface area contributed by atoms with E-state index in [2.05, 4.69) is 15.6 Å². The smallest absolute Gasteiger partial charge is 0.321 e. The van der Waals surface area contributed by atoms with Gasteiger partial charge in [-0.15, -0.1) is 11.3 Å². The minimum absolute atomic E-state index is 0.160. The number of aromatic nitrogens is 1. The first kappa shape index (κ1) is 17.3. The molecule has 0 spiro atoms. The quantitative estimate of drug-likeness (QED) is 0.824. The maximum absolute atomic E-state index is 14.1. The highest BCUT2D eigenvalue weighted by molar-refractivity contribution is 7.13. The van der Waals surface area contributed by atoms with Crippen molar-refractivity contribution >= 4 is 28.2 Å². The number of hydrogen-bond acceptors (Lipinski definition) is 4. The van der Waals surface area contributed by atoms with Crippen LogP contribution in [-0.4, -0.2) is 35.0 Å². The summed E-state index contributed by atoms with van der Waals surface area (Å²) in [5.74, 6) is 0.153. The van der Waals surface area contributed by atoms with Gasteiger partial charge in [0.25, 0.3) is 0 Å². The molecule has 5 nitrogen and oxygen atoms in total. The summed E-state index contributed by atoms with van der Waals surface area (Å²) in [6, 6.07) is 5.21. The number of hydrogen-bond donors (Lipinski definition) is 2. The molecule has 0 atom stereocenters. The normalized spacial score (nSPS) is 18.0. The highest BCUT2D eigenvalue weighted by Crippen LogP contribution is 2.41. The van der Waals surface area contributed by atoms with Crippen LogP contribution in [0.3, 0.4) is 0 Å². The Morgan fingerprint density at radius 2 is 2.04 bits per heavy atom. The van der Waals surface area contributed by atoms with Gasteiger partial charge in [-0.25, -0.2) is 14.2 Å². The molecule has 2 aromatic rings. The summed E-state index contributed by atoms with van der Waals surface area (Å²) in [4.78, 5) is 18.7. The molecule has 2 fully saturated rings. The van der Waals surface area contributed by atoms with Crippen molar-refractivity contribution in [2.45, 2.75) is 44.6 Å². The Morgan fingerprint density at radius 1 is 1.27 bits per heavy atom. The third-order valence-electron chi connectivity index (χ3n) is 5.00. The molecule has 2 heterocycles. The fourth-order valence-electron chi connectivity index (χ4n) is 3.35. The van der Waals surface area contributed by atoms with Crippen LogP contribution in [0, 0.1) is 12.7 Å². The second-order valence-electron chi connectivity index (χ2n) is 7.14. The largest absolute Gasteiger partial charge is 0.359 e. The first-order chi connectivity index (χ1) is 12.6. The Labute approximate surface area is 156 Å². The summed E-state index contributed by atoms with van der Waals surface area (Å²) in [5.41, 5.74) is 2.32. The highest BCUT2D eigenvalue weighted by atomic mass is 32.1. The molecule has 1 saturated heterocycles. The topological polar surface area (TPSA) is 57.3 Å². The average molecular weight is 374 g/mol. The molecule has 26 heavy (non-hydrogen) atoms. The van der Waals surface area contributed by atoms with Crippen molar-refractivity contribution in [2.24, 2.45) is 0 Å². The number of aryl methyl sites for hydroxylation is 1. The van der Waals surface area contributed by atoms with Gasteiger partial charge in [-0.2, -0.15) is 0 Å². The van der Waals surface area contributed by atoms with E-state index in [9.17, 15) is 9.18 Å². The Balaban J connectivity index is 1.28. The number of halogens is 1. The number of nitrogens with zero attached hydrogens (tertiary/aromatic N) is 2. The second kappa shape index (κ2) is 7.23. The molecule has 1 aromatic heterocycles. The molecule has 2 amide bonds. The minimum Gasteiger partial charge on any atom is -0.359 e. The van der Waals surface area contributed by atoms with E-state index in [1.54, 1.807) is 28.4 Å². The molecule has 1 aliphatic carbocycles. The Bertz CT molecular complexity index is 797. The average Bonchev–Trinajstić information content (AvgIpc) is 3.38. The summed E-state index contributed by atoms with van der Waals surface area (Å²) in [5, 5.41) is 9.23. The van der Waals surface area contributed by atoms with Gasteiger partial charge in [-0.3, -0.25) is 0 Å². The van der Waals surface area contributed by atoms with Crippen LogP contribution in [-0.2, 0) is 0 Å². The lowest BCUT2D eigenvalue weighted by atomic mass is 10.1. The van der Waals surface area contributed by atoms with Crippen molar-refractivity contribution in [1.29, 1.82) is 0 Å². The first-order valence-electron chi connectivity index (χ1n) is 9.12.